The van der Waals surface area contributed by atoms with Gasteiger partial charge in [0.25, 0.3) is 0 Å². The van der Waals surface area contributed by atoms with E-state index in [2.05, 4.69) is 43.1 Å². The van der Waals surface area contributed by atoms with E-state index in [9.17, 15) is 0 Å². The van der Waals surface area contributed by atoms with Crippen molar-refractivity contribution in [1.82, 2.24) is 5.32 Å². The minimum atomic E-state index is 0.863. The van der Waals surface area contributed by atoms with Gasteiger partial charge in [-0.3, -0.25) is 0 Å². The molecule has 1 N–H and O–H groups in total. The van der Waals surface area contributed by atoms with Crippen LogP contribution >= 0.6 is 0 Å². The van der Waals surface area contributed by atoms with Crippen LogP contribution in [0.3, 0.4) is 0 Å². The molecule has 18 heavy (non-hydrogen) atoms. The predicted molar refractivity (Wildman–Crippen MR) is 79.5 cm³/mol. The standard InChI is InChI=1S/C17H25N/c1-14-8-6-7-11-17(14)13-18-12-15(2)16-9-4-3-5-10-16/h3-5,9-10,14,17-18H,2,6-8,11-13H2,1H3. The van der Waals surface area contributed by atoms with E-state index in [1.807, 2.05) is 6.07 Å². The van der Waals surface area contributed by atoms with E-state index in [-0.39, 0.29) is 0 Å². The smallest absolute Gasteiger partial charge is 0.0205 e. The van der Waals surface area contributed by atoms with Crippen LogP contribution in [0, 0.1) is 11.8 Å². The summed E-state index contributed by atoms with van der Waals surface area (Å²) in [7, 11) is 0. The average Bonchev–Trinajstić information content (AvgIpc) is 2.42. The molecule has 0 spiro atoms. The summed E-state index contributed by atoms with van der Waals surface area (Å²) < 4.78 is 0. The first kappa shape index (κ1) is 13.4. The van der Waals surface area contributed by atoms with Gasteiger partial charge in [0, 0.05) is 6.54 Å². The third kappa shape index (κ3) is 3.71. The summed E-state index contributed by atoms with van der Waals surface area (Å²) in [5, 5.41) is 3.58. The summed E-state index contributed by atoms with van der Waals surface area (Å²) in [6, 6.07) is 10.5. The Morgan fingerprint density at radius 1 is 1.22 bits per heavy atom. The van der Waals surface area contributed by atoms with Gasteiger partial charge in [-0.2, -0.15) is 0 Å². The van der Waals surface area contributed by atoms with Crippen molar-refractivity contribution >= 4 is 5.57 Å². The number of nitrogens with one attached hydrogen (secondary N) is 1. The van der Waals surface area contributed by atoms with Gasteiger partial charge in [0.1, 0.15) is 0 Å². The van der Waals surface area contributed by atoms with E-state index in [0.717, 1.165) is 24.9 Å². The van der Waals surface area contributed by atoms with E-state index in [4.69, 9.17) is 0 Å². The second-order valence-corrected chi connectivity index (χ2v) is 5.62. The summed E-state index contributed by atoms with van der Waals surface area (Å²) in [6.07, 6.45) is 5.64. The van der Waals surface area contributed by atoms with Crippen molar-refractivity contribution in [3.8, 4) is 0 Å². The molecule has 0 heterocycles. The van der Waals surface area contributed by atoms with Gasteiger partial charge in [0.2, 0.25) is 0 Å². The summed E-state index contributed by atoms with van der Waals surface area (Å²) in [6.45, 7) is 8.62. The van der Waals surface area contributed by atoms with E-state index in [1.54, 1.807) is 0 Å². The molecule has 0 aromatic heterocycles. The third-order valence-corrected chi connectivity index (χ3v) is 4.22. The third-order valence-electron chi connectivity index (χ3n) is 4.22. The van der Waals surface area contributed by atoms with Crippen LogP contribution in [0.4, 0.5) is 0 Å². The van der Waals surface area contributed by atoms with E-state index in [1.165, 1.54) is 36.8 Å². The molecule has 1 fully saturated rings. The Labute approximate surface area is 111 Å². The fourth-order valence-corrected chi connectivity index (χ4v) is 2.88. The van der Waals surface area contributed by atoms with Crippen LogP contribution < -0.4 is 5.32 Å². The zero-order valence-electron chi connectivity index (χ0n) is 11.5. The van der Waals surface area contributed by atoms with Gasteiger partial charge < -0.3 is 5.32 Å². The van der Waals surface area contributed by atoms with Crippen molar-refractivity contribution in [2.75, 3.05) is 13.1 Å². The summed E-state index contributed by atoms with van der Waals surface area (Å²) in [4.78, 5) is 0. The van der Waals surface area contributed by atoms with Gasteiger partial charge >= 0.3 is 0 Å². The molecule has 1 aromatic carbocycles. The first-order chi connectivity index (χ1) is 8.77. The highest BCUT2D eigenvalue weighted by Gasteiger charge is 2.20. The largest absolute Gasteiger partial charge is 0.312 e. The van der Waals surface area contributed by atoms with E-state index in [0.29, 0.717) is 0 Å². The molecule has 0 aliphatic heterocycles. The Balaban J connectivity index is 1.73. The number of hydrogen-bond donors (Lipinski definition) is 1. The van der Waals surface area contributed by atoms with Crippen LogP contribution in [0.1, 0.15) is 38.2 Å². The van der Waals surface area contributed by atoms with Crippen LogP contribution in [-0.2, 0) is 0 Å². The molecule has 2 unspecified atom stereocenters. The topological polar surface area (TPSA) is 12.0 Å². The molecule has 2 rings (SSSR count). The number of hydrogen-bond acceptors (Lipinski definition) is 1. The highest BCUT2D eigenvalue weighted by Crippen LogP contribution is 2.28. The molecular formula is C17H25N. The number of rotatable bonds is 5. The zero-order valence-corrected chi connectivity index (χ0v) is 11.5. The minimum absolute atomic E-state index is 0.863. The van der Waals surface area contributed by atoms with Gasteiger partial charge in [0.15, 0.2) is 0 Å². The molecule has 2 atom stereocenters. The predicted octanol–water partition coefficient (Wildman–Crippen LogP) is 4.12. The van der Waals surface area contributed by atoms with Crippen LogP contribution in [0.15, 0.2) is 36.9 Å². The lowest BCUT2D eigenvalue weighted by atomic mass is 9.80. The fraction of sp³-hybridized carbons (Fsp3) is 0.529. The molecule has 0 saturated heterocycles. The molecule has 1 aliphatic carbocycles. The van der Waals surface area contributed by atoms with E-state index < -0.39 is 0 Å². The Bertz CT molecular complexity index is 368. The van der Waals surface area contributed by atoms with Gasteiger partial charge in [-0.15, -0.1) is 0 Å². The molecule has 1 saturated carbocycles. The van der Waals surface area contributed by atoms with Crippen molar-refractivity contribution in [3.63, 3.8) is 0 Å². The van der Waals surface area contributed by atoms with Crippen LogP contribution in [-0.4, -0.2) is 13.1 Å². The van der Waals surface area contributed by atoms with Gasteiger partial charge in [-0.1, -0.05) is 63.1 Å². The highest BCUT2D eigenvalue weighted by molar-refractivity contribution is 5.64. The Morgan fingerprint density at radius 3 is 2.67 bits per heavy atom. The molecule has 1 heteroatoms. The maximum atomic E-state index is 4.16. The lowest BCUT2D eigenvalue weighted by molar-refractivity contribution is 0.250. The van der Waals surface area contributed by atoms with Crippen molar-refractivity contribution in [3.05, 3.63) is 42.5 Å². The van der Waals surface area contributed by atoms with Crippen LogP contribution in [0.25, 0.3) is 5.57 Å². The highest BCUT2D eigenvalue weighted by atomic mass is 14.9. The molecule has 0 radical (unpaired) electrons. The van der Waals surface area contributed by atoms with Gasteiger partial charge in [-0.25, -0.2) is 0 Å². The van der Waals surface area contributed by atoms with Gasteiger partial charge in [0.05, 0.1) is 0 Å². The summed E-state index contributed by atoms with van der Waals surface area (Å²) in [5.74, 6) is 1.75. The number of benzene rings is 1. The normalized spacial score (nSPS) is 23.8. The maximum Gasteiger partial charge on any atom is 0.0205 e. The maximum absolute atomic E-state index is 4.16. The van der Waals surface area contributed by atoms with Crippen LogP contribution in [0.5, 0.6) is 0 Å². The lowest BCUT2D eigenvalue weighted by Gasteiger charge is -2.29. The molecule has 1 aliphatic rings. The zero-order chi connectivity index (χ0) is 12.8. The molecule has 0 bridgehead atoms. The molecule has 1 nitrogen and oxygen atoms in total. The lowest BCUT2D eigenvalue weighted by Crippen LogP contribution is -2.30. The molecule has 0 amide bonds. The van der Waals surface area contributed by atoms with Crippen molar-refractivity contribution in [2.45, 2.75) is 32.6 Å². The Morgan fingerprint density at radius 2 is 1.94 bits per heavy atom. The quantitative estimate of drug-likeness (QED) is 0.820. The second kappa shape index (κ2) is 6.75. The van der Waals surface area contributed by atoms with E-state index >= 15 is 0 Å². The first-order valence-corrected chi connectivity index (χ1v) is 7.21. The fourth-order valence-electron chi connectivity index (χ4n) is 2.88. The van der Waals surface area contributed by atoms with Gasteiger partial charge in [-0.05, 0) is 35.9 Å². The summed E-state index contributed by atoms with van der Waals surface area (Å²) >= 11 is 0. The van der Waals surface area contributed by atoms with Crippen molar-refractivity contribution < 1.29 is 0 Å². The molecular weight excluding hydrogens is 218 g/mol. The SMILES string of the molecule is C=C(CNCC1CCCCC1C)c1ccccc1. The van der Waals surface area contributed by atoms with Crippen molar-refractivity contribution in [2.24, 2.45) is 11.8 Å². The summed E-state index contributed by atoms with van der Waals surface area (Å²) in [5.41, 5.74) is 2.45. The van der Waals surface area contributed by atoms with Crippen molar-refractivity contribution in [1.29, 1.82) is 0 Å². The molecule has 98 valence electrons. The molecule has 1 aromatic rings. The minimum Gasteiger partial charge on any atom is -0.312 e. The first-order valence-electron chi connectivity index (χ1n) is 7.21. The van der Waals surface area contributed by atoms with Crippen LogP contribution in [0.2, 0.25) is 0 Å². The average molecular weight is 243 g/mol. The Hall–Kier alpha value is -1.08. The monoisotopic (exact) mass is 243 g/mol. The second-order valence-electron chi connectivity index (χ2n) is 5.62. The Kier molecular flexibility index (Phi) is 5.00.